The van der Waals surface area contributed by atoms with Gasteiger partial charge >= 0.3 is 0 Å². The lowest BCUT2D eigenvalue weighted by Gasteiger charge is -2.36. The summed E-state index contributed by atoms with van der Waals surface area (Å²) < 4.78 is 5.68. The van der Waals surface area contributed by atoms with E-state index >= 15 is 0 Å². The van der Waals surface area contributed by atoms with Gasteiger partial charge in [-0.2, -0.15) is 0 Å². The Morgan fingerprint density at radius 2 is 2.07 bits per heavy atom. The van der Waals surface area contributed by atoms with Gasteiger partial charge in [0.2, 0.25) is 0 Å². The largest absolute Gasteiger partial charge is 0.480 e. The molecule has 1 aliphatic carbocycles. The highest BCUT2D eigenvalue weighted by Crippen LogP contribution is 2.34. The van der Waals surface area contributed by atoms with Crippen LogP contribution in [0.4, 0.5) is 0 Å². The molecule has 0 bridgehead atoms. The molecular weight excluding hydrogens is 174 g/mol. The summed E-state index contributed by atoms with van der Waals surface area (Å²) in [6.45, 7) is 6.90. The van der Waals surface area contributed by atoms with E-state index in [1.165, 1.54) is 19.3 Å². The van der Waals surface area contributed by atoms with Gasteiger partial charge in [-0.25, -0.2) is 0 Å². The van der Waals surface area contributed by atoms with E-state index in [9.17, 15) is 0 Å². The van der Waals surface area contributed by atoms with Crippen molar-refractivity contribution in [2.75, 3.05) is 7.05 Å². The predicted octanol–water partition coefficient (Wildman–Crippen LogP) is 3.12. The van der Waals surface area contributed by atoms with E-state index in [2.05, 4.69) is 25.8 Å². The Bertz CT molecular complexity index is 189. The zero-order chi connectivity index (χ0) is 10.6. The molecule has 3 atom stereocenters. The molecule has 0 saturated heterocycles. The molecule has 0 aliphatic heterocycles. The Morgan fingerprint density at radius 1 is 1.36 bits per heavy atom. The highest BCUT2D eigenvalue weighted by atomic mass is 16.5. The SMILES string of the molecule is C/N=C/O[C@@H]1C[C@H](C)CC[C@H]1C(C)C. The average Bonchev–Trinajstić information content (AvgIpc) is 2.14. The van der Waals surface area contributed by atoms with Crippen molar-refractivity contribution in [3.05, 3.63) is 0 Å². The molecule has 0 aromatic carbocycles. The van der Waals surface area contributed by atoms with E-state index in [4.69, 9.17) is 4.74 Å². The smallest absolute Gasteiger partial charge is 0.169 e. The minimum atomic E-state index is 0.391. The van der Waals surface area contributed by atoms with E-state index in [-0.39, 0.29) is 0 Å². The van der Waals surface area contributed by atoms with E-state index < -0.39 is 0 Å². The first-order valence-corrected chi connectivity index (χ1v) is 5.71. The molecule has 0 aromatic heterocycles. The number of hydrogen-bond donors (Lipinski definition) is 0. The molecule has 82 valence electrons. The van der Waals surface area contributed by atoms with Gasteiger partial charge in [0.05, 0.1) is 0 Å². The van der Waals surface area contributed by atoms with Gasteiger partial charge in [-0.05, 0) is 30.6 Å². The molecule has 0 unspecified atom stereocenters. The summed E-state index contributed by atoms with van der Waals surface area (Å²) in [5.74, 6) is 2.24. The fourth-order valence-electron chi connectivity index (χ4n) is 2.41. The maximum atomic E-state index is 5.68. The van der Waals surface area contributed by atoms with Crippen LogP contribution in [0.5, 0.6) is 0 Å². The third-order valence-corrected chi connectivity index (χ3v) is 3.30. The second-order valence-corrected chi connectivity index (χ2v) is 4.86. The van der Waals surface area contributed by atoms with Crippen molar-refractivity contribution in [3.63, 3.8) is 0 Å². The van der Waals surface area contributed by atoms with Crippen LogP contribution < -0.4 is 0 Å². The number of rotatable bonds is 3. The first-order chi connectivity index (χ1) is 6.65. The second kappa shape index (κ2) is 5.38. The third kappa shape index (κ3) is 3.00. The summed E-state index contributed by atoms with van der Waals surface area (Å²) in [7, 11) is 1.76. The van der Waals surface area contributed by atoms with Crippen LogP contribution in [0.1, 0.15) is 40.0 Å². The highest BCUT2D eigenvalue weighted by Gasteiger charge is 2.31. The zero-order valence-corrected chi connectivity index (χ0v) is 9.86. The van der Waals surface area contributed by atoms with Crippen molar-refractivity contribution in [1.29, 1.82) is 0 Å². The van der Waals surface area contributed by atoms with Crippen molar-refractivity contribution in [2.45, 2.75) is 46.1 Å². The topological polar surface area (TPSA) is 21.6 Å². The summed E-state index contributed by atoms with van der Waals surface area (Å²) in [6.07, 6.45) is 5.85. The van der Waals surface area contributed by atoms with Crippen molar-refractivity contribution in [1.82, 2.24) is 0 Å². The number of ether oxygens (including phenoxy) is 1. The van der Waals surface area contributed by atoms with Gasteiger partial charge in [0.1, 0.15) is 6.10 Å². The van der Waals surface area contributed by atoms with Crippen LogP contribution in [0.3, 0.4) is 0 Å². The predicted molar refractivity (Wildman–Crippen MR) is 60.6 cm³/mol. The number of hydrogen-bond acceptors (Lipinski definition) is 2. The van der Waals surface area contributed by atoms with Crippen LogP contribution in [0.25, 0.3) is 0 Å². The molecule has 1 saturated carbocycles. The summed E-state index contributed by atoms with van der Waals surface area (Å²) in [5, 5.41) is 0. The Hall–Kier alpha value is -0.530. The molecule has 2 nitrogen and oxygen atoms in total. The van der Waals surface area contributed by atoms with E-state index in [0.29, 0.717) is 12.0 Å². The van der Waals surface area contributed by atoms with Crippen LogP contribution in [0, 0.1) is 17.8 Å². The van der Waals surface area contributed by atoms with Crippen molar-refractivity contribution < 1.29 is 4.74 Å². The zero-order valence-electron chi connectivity index (χ0n) is 9.86. The summed E-state index contributed by atoms with van der Waals surface area (Å²) in [6, 6.07) is 0. The van der Waals surface area contributed by atoms with Crippen molar-refractivity contribution >= 4 is 6.40 Å². The minimum absolute atomic E-state index is 0.391. The lowest BCUT2D eigenvalue weighted by atomic mass is 9.75. The Kier molecular flexibility index (Phi) is 4.43. The average molecular weight is 197 g/mol. The van der Waals surface area contributed by atoms with Gasteiger partial charge < -0.3 is 4.74 Å². The van der Waals surface area contributed by atoms with Crippen molar-refractivity contribution in [3.8, 4) is 0 Å². The first-order valence-electron chi connectivity index (χ1n) is 5.71. The molecule has 0 N–H and O–H groups in total. The monoisotopic (exact) mass is 197 g/mol. The third-order valence-electron chi connectivity index (χ3n) is 3.30. The van der Waals surface area contributed by atoms with Crippen LogP contribution in [-0.4, -0.2) is 19.6 Å². The molecule has 0 amide bonds. The summed E-state index contributed by atoms with van der Waals surface area (Å²) >= 11 is 0. The molecule has 1 fully saturated rings. The van der Waals surface area contributed by atoms with Gasteiger partial charge in [0.25, 0.3) is 0 Å². The molecule has 1 aliphatic rings. The standard InChI is InChI=1S/C12H23NO/c1-9(2)11-6-5-10(3)7-12(11)14-8-13-4/h8-12H,5-7H2,1-4H3/b13-8+/t10-,11+,12-/m1/s1. The van der Waals surface area contributed by atoms with Crippen LogP contribution >= 0.6 is 0 Å². The van der Waals surface area contributed by atoms with Crippen LogP contribution in [0.15, 0.2) is 4.99 Å². The van der Waals surface area contributed by atoms with Gasteiger partial charge in [0, 0.05) is 7.05 Å². The fourth-order valence-corrected chi connectivity index (χ4v) is 2.41. The van der Waals surface area contributed by atoms with Gasteiger partial charge in [0.15, 0.2) is 6.40 Å². The second-order valence-electron chi connectivity index (χ2n) is 4.86. The van der Waals surface area contributed by atoms with Crippen molar-refractivity contribution in [2.24, 2.45) is 22.7 Å². The maximum absolute atomic E-state index is 5.68. The molecule has 14 heavy (non-hydrogen) atoms. The van der Waals surface area contributed by atoms with Gasteiger partial charge in [-0.15, -0.1) is 0 Å². The quantitative estimate of drug-likeness (QED) is 0.503. The molecule has 1 rings (SSSR count). The van der Waals surface area contributed by atoms with Crippen LogP contribution in [-0.2, 0) is 4.74 Å². The normalized spacial score (nSPS) is 33.9. The lowest BCUT2D eigenvalue weighted by Crippen LogP contribution is -2.34. The lowest BCUT2D eigenvalue weighted by molar-refractivity contribution is 0.0422. The first kappa shape index (κ1) is 11.5. The summed E-state index contributed by atoms with van der Waals surface area (Å²) in [5.41, 5.74) is 0. The molecule has 0 radical (unpaired) electrons. The number of aliphatic imine (C=N–C) groups is 1. The fraction of sp³-hybridized carbons (Fsp3) is 0.917. The van der Waals surface area contributed by atoms with Gasteiger partial charge in [-0.3, -0.25) is 4.99 Å². The molecule has 0 aromatic rings. The van der Waals surface area contributed by atoms with E-state index in [1.807, 2.05) is 0 Å². The van der Waals surface area contributed by atoms with Crippen LogP contribution in [0.2, 0.25) is 0 Å². The molecule has 2 heteroatoms. The number of nitrogens with zero attached hydrogens (tertiary/aromatic N) is 1. The Balaban J connectivity index is 2.54. The van der Waals surface area contributed by atoms with Gasteiger partial charge in [-0.1, -0.05) is 27.2 Å². The highest BCUT2D eigenvalue weighted by molar-refractivity contribution is 5.46. The van der Waals surface area contributed by atoms with E-state index in [0.717, 1.165) is 11.8 Å². The molecular formula is C12H23NO. The molecule has 0 spiro atoms. The Morgan fingerprint density at radius 3 is 2.64 bits per heavy atom. The summed E-state index contributed by atoms with van der Waals surface area (Å²) in [4.78, 5) is 3.90. The minimum Gasteiger partial charge on any atom is -0.480 e. The molecule has 0 heterocycles. The Labute approximate surface area is 87.8 Å². The van der Waals surface area contributed by atoms with E-state index in [1.54, 1.807) is 13.4 Å². The maximum Gasteiger partial charge on any atom is 0.169 e.